The fraction of sp³-hybridized carbons (Fsp3) is 0.235. The third kappa shape index (κ3) is 4.18. The molecule has 4 nitrogen and oxygen atoms in total. The first-order chi connectivity index (χ1) is 10.8. The van der Waals surface area contributed by atoms with Crippen LogP contribution in [0.1, 0.15) is 12.5 Å². The van der Waals surface area contributed by atoms with Gasteiger partial charge >= 0.3 is 5.97 Å². The normalized spacial score (nSPS) is 11.1. The van der Waals surface area contributed by atoms with Gasteiger partial charge in [0.2, 0.25) is 0 Å². The molecule has 0 radical (unpaired) electrons. The lowest BCUT2D eigenvalue weighted by atomic mass is 9.99. The number of halogens is 2. The minimum Gasteiger partial charge on any atom is -0.497 e. The van der Waals surface area contributed by atoms with Gasteiger partial charge in [-0.05, 0) is 35.9 Å². The number of aliphatic carboxylic acids is 1. The van der Waals surface area contributed by atoms with E-state index in [1.165, 1.54) is 25.3 Å². The highest BCUT2D eigenvalue weighted by Crippen LogP contribution is 2.37. The molecule has 0 spiro atoms. The molecule has 0 amide bonds. The molecule has 23 heavy (non-hydrogen) atoms. The fourth-order valence-corrected chi connectivity index (χ4v) is 2.08. The van der Waals surface area contributed by atoms with Gasteiger partial charge in [-0.2, -0.15) is 0 Å². The predicted molar refractivity (Wildman–Crippen MR) is 81.1 cm³/mol. The summed E-state index contributed by atoms with van der Waals surface area (Å²) in [5.74, 6) is -3.39. The van der Waals surface area contributed by atoms with Crippen molar-refractivity contribution in [2.24, 2.45) is 0 Å². The van der Waals surface area contributed by atoms with Crippen LogP contribution < -0.4 is 9.47 Å². The largest absolute Gasteiger partial charge is 0.497 e. The molecule has 6 heteroatoms. The average Bonchev–Trinajstić information content (AvgIpc) is 2.51. The third-order valence-corrected chi connectivity index (χ3v) is 3.22. The number of ether oxygens (including phenoxy) is 2. The van der Waals surface area contributed by atoms with E-state index in [1.54, 1.807) is 24.3 Å². The summed E-state index contributed by atoms with van der Waals surface area (Å²) in [7, 11) is 1.50. The molecule has 2 aromatic rings. The molecule has 1 N–H and O–H groups in total. The monoisotopic (exact) mass is 322 g/mol. The number of carbonyl (C=O) groups is 1. The van der Waals surface area contributed by atoms with E-state index in [4.69, 9.17) is 14.6 Å². The van der Waals surface area contributed by atoms with Crippen LogP contribution >= 0.6 is 0 Å². The van der Waals surface area contributed by atoms with Gasteiger partial charge in [0.05, 0.1) is 7.11 Å². The highest BCUT2D eigenvalue weighted by molar-refractivity contribution is 5.74. The van der Waals surface area contributed by atoms with Gasteiger partial charge < -0.3 is 14.6 Å². The van der Waals surface area contributed by atoms with Crippen LogP contribution in [-0.2, 0) is 10.7 Å². The van der Waals surface area contributed by atoms with Crippen molar-refractivity contribution in [1.29, 1.82) is 0 Å². The molecule has 0 saturated heterocycles. The van der Waals surface area contributed by atoms with Gasteiger partial charge in [0, 0.05) is 18.1 Å². The number of rotatable bonds is 6. The minimum atomic E-state index is -3.01. The lowest BCUT2D eigenvalue weighted by molar-refractivity contribution is -0.139. The first kappa shape index (κ1) is 16.7. The zero-order chi connectivity index (χ0) is 17.0. The summed E-state index contributed by atoms with van der Waals surface area (Å²) < 4.78 is 37.5. The average molecular weight is 322 g/mol. The van der Waals surface area contributed by atoms with Crippen LogP contribution in [0.4, 0.5) is 8.78 Å². The first-order valence-electron chi connectivity index (χ1n) is 6.82. The van der Waals surface area contributed by atoms with Crippen molar-refractivity contribution in [2.45, 2.75) is 12.8 Å². The summed E-state index contributed by atoms with van der Waals surface area (Å²) in [6, 6.07) is 10.7. The first-order valence-corrected chi connectivity index (χ1v) is 6.82. The molecule has 122 valence electrons. The maximum Gasteiger partial charge on any atom is 0.341 e. The van der Waals surface area contributed by atoms with E-state index in [-0.39, 0.29) is 11.3 Å². The summed E-state index contributed by atoms with van der Waals surface area (Å²) in [5, 5.41) is 8.74. The summed E-state index contributed by atoms with van der Waals surface area (Å²) in [6.45, 7) is 0.244. The Morgan fingerprint density at radius 1 is 1.22 bits per heavy atom. The lowest BCUT2D eigenvalue weighted by Crippen LogP contribution is -2.11. The SMILES string of the molecule is COc1cccc(-c2cc(C(C)(F)F)ccc2OCC(=O)O)c1. The Labute approximate surface area is 132 Å². The molecule has 0 aliphatic heterocycles. The van der Waals surface area contributed by atoms with Crippen molar-refractivity contribution in [3.63, 3.8) is 0 Å². The second kappa shape index (κ2) is 6.64. The zero-order valence-electron chi connectivity index (χ0n) is 12.7. The molecule has 0 saturated carbocycles. The van der Waals surface area contributed by atoms with E-state index in [1.807, 2.05) is 0 Å². The van der Waals surface area contributed by atoms with Gasteiger partial charge in [0.1, 0.15) is 11.5 Å². The number of alkyl halides is 2. The predicted octanol–water partition coefficient (Wildman–Crippen LogP) is 3.94. The summed E-state index contributed by atoms with van der Waals surface area (Å²) in [4.78, 5) is 10.7. The molecule has 0 fully saturated rings. The van der Waals surface area contributed by atoms with Crippen molar-refractivity contribution < 1.29 is 28.2 Å². The van der Waals surface area contributed by atoms with Crippen LogP contribution in [0.5, 0.6) is 11.5 Å². The van der Waals surface area contributed by atoms with Gasteiger partial charge in [0.15, 0.2) is 6.61 Å². The van der Waals surface area contributed by atoms with Crippen LogP contribution in [0, 0.1) is 0 Å². The van der Waals surface area contributed by atoms with Crippen LogP contribution in [0.15, 0.2) is 42.5 Å². The Hall–Kier alpha value is -2.63. The zero-order valence-corrected chi connectivity index (χ0v) is 12.7. The Bertz CT molecular complexity index is 708. The standard InChI is InChI=1S/C17H16F2O4/c1-17(18,19)12-6-7-15(23-10-16(20)21)14(9-12)11-4-3-5-13(8-11)22-2/h3-9H,10H2,1-2H3,(H,20,21). The molecule has 0 aliphatic rings. The molecule has 2 aromatic carbocycles. The van der Waals surface area contributed by atoms with Gasteiger partial charge in [-0.25, -0.2) is 13.6 Å². The maximum atomic E-state index is 13.6. The van der Waals surface area contributed by atoms with E-state index in [2.05, 4.69) is 0 Å². The number of carboxylic acid groups (broad SMARTS) is 1. The van der Waals surface area contributed by atoms with Crippen LogP contribution in [0.3, 0.4) is 0 Å². The summed E-state index contributed by atoms with van der Waals surface area (Å²) >= 11 is 0. The van der Waals surface area contributed by atoms with Crippen molar-refractivity contribution in [2.75, 3.05) is 13.7 Å². The Morgan fingerprint density at radius 2 is 1.96 bits per heavy atom. The molecule has 0 aliphatic carbocycles. The van der Waals surface area contributed by atoms with Gasteiger partial charge in [-0.1, -0.05) is 12.1 Å². The minimum absolute atomic E-state index is 0.182. The second-order valence-corrected chi connectivity index (χ2v) is 5.01. The highest BCUT2D eigenvalue weighted by Gasteiger charge is 2.25. The molecule has 0 unspecified atom stereocenters. The van der Waals surface area contributed by atoms with Crippen molar-refractivity contribution in [3.05, 3.63) is 48.0 Å². The molecule has 0 atom stereocenters. The van der Waals surface area contributed by atoms with Crippen molar-refractivity contribution in [3.8, 4) is 22.6 Å². The number of hydrogen-bond acceptors (Lipinski definition) is 3. The third-order valence-electron chi connectivity index (χ3n) is 3.22. The molecule has 0 bridgehead atoms. The number of carboxylic acids is 1. The molecule has 0 aromatic heterocycles. The molecule has 2 rings (SSSR count). The molecular weight excluding hydrogens is 306 g/mol. The maximum absolute atomic E-state index is 13.6. The topological polar surface area (TPSA) is 55.8 Å². The van der Waals surface area contributed by atoms with E-state index < -0.39 is 18.5 Å². The summed E-state index contributed by atoms with van der Waals surface area (Å²) in [6.07, 6.45) is 0. The van der Waals surface area contributed by atoms with Crippen LogP contribution in [0.25, 0.3) is 11.1 Å². The van der Waals surface area contributed by atoms with E-state index in [0.717, 1.165) is 6.92 Å². The quantitative estimate of drug-likeness (QED) is 0.875. The number of hydrogen-bond donors (Lipinski definition) is 1. The molecular formula is C17H16F2O4. The van der Waals surface area contributed by atoms with Crippen molar-refractivity contribution >= 4 is 5.97 Å². The van der Waals surface area contributed by atoms with E-state index >= 15 is 0 Å². The highest BCUT2D eigenvalue weighted by atomic mass is 19.3. The summed E-state index contributed by atoms with van der Waals surface area (Å²) in [5.41, 5.74) is 0.790. The van der Waals surface area contributed by atoms with Gasteiger partial charge in [-0.3, -0.25) is 0 Å². The number of benzene rings is 2. The van der Waals surface area contributed by atoms with Gasteiger partial charge in [-0.15, -0.1) is 0 Å². The van der Waals surface area contributed by atoms with Crippen molar-refractivity contribution in [1.82, 2.24) is 0 Å². The van der Waals surface area contributed by atoms with Gasteiger partial charge in [0.25, 0.3) is 5.92 Å². The Balaban J connectivity index is 2.52. The smallest absolute Gasteiger partial charge is 0.341 e. The van der Waals surface area contributed by atoms with E-state index in [9.17, 15) is 13.6 Å². The van der Waals surface area contributed by atoms with Crippen LogP contribution in [0.2, 0.25) is 0 Å². The van der Waals surface area contributed by atoms with E-state index in [0.29, 0.717) is 16.9 Å². The Morgan fingerprint density at radius 3 is 2.57 bits per heavy atom. The second-order valence-electron chi connectivity index (χ2n) is 5.01. The fourth-order valence-electron chi connectivity index (χ4n) is 2.08. The molecule has 0 heterocycles. The van der Waals surface area contributed by atoms with Crippen LogP contribution in [-0.4, -0.2) is 24.8 Å². The number of methoxy groups -OCH3 is 1. The lowest BCUT2D eigenvalue weighted by Gasteiger charge is -2.16. The Kier molecular flexibility index (Phi) is 4.83.